The minimum atomic E-state index is -0.839. The van der Waals surface area contributed by atoms with Gasteiger partial charge in [-0.05, 0) is 6.92 Å². The number of hydrogen-bond acceptors (Lipinski definition) is 2. The third-order valence-corrected chi connectivity index (χ3v) is 1.29. The maximum Gasteiger partial charge on any atom is 0.406 e. The molecular formula is C7H10ClNO2. The smallest absolute Gasteiger partial charge is 0.406 e. The van der Waals surface area contributed by atoms with E-state index >= 15 is 0 Å². The molecule has 0 saturated carbocycles. The van der Waals surface area contributed by atoms with Gasteiger partial charge in [0.25, 0.3) is 0 Å². The van der Waals surface area contributed by atoms with E-state index in [2.05, 4.69) is 16.0 Å². The predicted octanol–water partition coefficient (Wildman–Crippen LogP) is 0.973. The summed E-state index contributed by atoms with van der Waals surface area (Å²) in [6.45, 7) is 1.82. The number of alkyl halides is 1. The van der Waals surface area contributed by atoms with Crippen LogP contribution < -0.4 is 5.32 Å². The standard InChI is InChI=1S/C7H10ClNO2/c1-4-7(2,8)5-9-6(10)11-3/h1H,5H2,2-3H3,(H,9,10). The van der Waals surface area contributed by atoms with Gasteiger partial charge >= 0.3 is 6.09 Å². The van der Waals surface area contributed by atoms with E-state index in [1.807, 2.05) is 0 Å². The lowest BCUT2D eigenvalue weighted by molar-refractivity contribution is 0.170. The molecule has 0 radical (unpaired) electrons. The second-order valence-corrected chi connectivity index (χ2v) is 3.02. The van der Waals surface area contributed by atoms with Crippen LogP contribution in [0, 0.1) is 12.3 Å². The maximum absolute atomic E-state index is 10.5. The van der Waals surface area contributed by atoms with Gasteiger partial charge in [-0.25, -0.2) is 4.79 Å². The van der Waals surface area contributed by atoms with Crippen LogP contribution in [-0.2, 0) is 4.74 Å². The zero-order valence-electron chi connectivity index (χ0n) is 6.48. The van der Waals surface area contributed by atoms with Crippen LogP contribution in [-0.4, -0.2) is 24.6 Å². The number of amides is 1. The van der Waals surface area contributed by atoms with Crippen LogP contribution in [0.3, 0.4) is 0 Å². The normalized spacial score (nSPS) is 14.4. The lowest BCUT2D eigenvalue weighted by atomic mass is 10.2. The van der Waals surface area contributed by atoms with Crippen LogP contribution >= 0.6 is 11.6 Å². The molecule has 1 atom stereocenters. The number of hydrogen-bond donors (Lipinski definition) is 1. The van der Waals surface area contributed by atoms with Gasteiger partial charge < -0.3 is 10.1 Å². The van der Waals surface area contributed by atoms with Crippen LogP contribution in [0.4, 0.5) is 4.79 Å². The third-order valence-electron chi connectivity index (χ3n) is 1.05. The average Bonchev–Trinajstić information content (AvgIpc) is 2.00. The van der Waals surface area contributed by atoms with Crippen LogP contribution in [0.15, 0.2) is 0 Å². The molecular weight excluding hydrogens is 166 g/mol. The molecule has 11 heavy (non-hydrogen) atoms. The number of carbonyl (C=O) groups excluding carboxylic acids is 1. The molecule has 0 heterocycles. The highest BCUT2D eigenvalue weighted by Gasteiger charge is 2.17. The summed E-state index contributed by atoms with van der Waals surface area (Å²) in [6.07, 6.45) is 4.52. The average molecular weight is 176 g/mol. The maximum atomic E-state index is 10.5. The molecule has 0 spiro atoms. The Morgan fingerprint density at radius 2 is 2.45 bits per heavy atom. The zero-order valence-corrected chi connectivity index (χ0v) is 7.23. The van der Waals surface area contributed by atoms with Crippen LogP contribution in [0.1, 0.15) is 6.92 Å². The molecule has 0 saturated heterocycles. The summed E-state index contributed by atoms with van der Waals surface area (Å²) in [7, 11) is 1.27. The van der Waals surface area contributed by atoms with Gasteiger partial charge in [0.15, 0.2) is 0 Å². The summed E-state index contributed by atoms with van der Waals surface area (Å²) in [5.74, 6) is 2.32. The Kier molecular flexibility index (Phi) is 3.77. The number of halogens is 1. The first-order chi connectivity index (χ1) is 5.02. The lowest BCUT2D eigenvalue weighted by Gasteiger charge is -2.14. The Balaban J connectivity index is 3.72. The van der Waals surface area contributed by atoms with Crippen molar-refractivity contribution in [3.05, 3.63) is 0 Å². The quantitative estimate of drug-likeness (QED) is 0.502. The summed E-state index contributed by atoms with van der Waals surface area (Å²) in [5, 5.41) is 2.39. The molecule has 0 aromatic carbocycles. The topological polar surface area (TPSA) is 38.3 Å². The molecule has 0 aliphatic rings. The predicted molar refractivity (Wildman–Crippen MR) is 43.5 cm³/mol. The van der Waals surface area contributed by atoms with Gasteiger partial charge in [0.2, 0.25) is 0 Å². The highest BCUT2D eigenvalue weighted by Crippen LogP contribution is 2.09. The van der Waals surface area contributed by atoms with Gasteiger partial charge in [0, 0.05) is 0 Å². The summed E-state index contributed by atoms with van der Waals surface area (Å²) in [6, 6.07) is 0. The fraction of sp³-hybridized carbons (Fsp3) is 0.571. The molecule has 3 nitrogen and oxygen atoms in total. The summed E-state index contributed by atoms with van der Waals surface area (Å²) in [4.78, 5) is 9.67. The van der Waals surface area contributed by atoms with Crippen molar-refractivity contribution in [1.29, 1.82) is 0 Å². The van der Waals surface area contributed by atoms with E-state index in [1.54, 1.807) is 6.92 Å². The van der Waals surface area contributed by atoms with Crippen molar-refractivity contribution in [2.24, 2.45) is 0 Å². The summed E-state index contributed by atoms with van der Waals surface area (Å²) >= 11 is 5.72. The van der Waals surface area contributed by atoms with Crippen molar-refractivity contribution in [2.75, 3.05) is 13.7 Å². The van der Waals surface area contributed by atoms with Gasteiger partial charge in [-0.3, -0.25) is 0 Å². The lowest BCUT2D eigenvalue weighted by Crippen LogP contribution is -2.35. The molecule has 4 heteroatoms. The molecule has 1 amide bonds. The number of methoxy groups -OCH3 is 1. The minimum absolute atomic E-state index is 0.192. The second kappa shape index (κ2) is 4.09. The van der Waals surface area contributed by atoms with E-state index in [0.29, 0.717) is 0 Å². The van der Waals surface area contributed by atoms with Crippen molar-refractivity contribution in [1.82, 2.24) is 5.32 Å². The second-order valence-electron chi connectivity index (χ2n) is 2.19. The van der Waals surface area contributed by atoms with E-state index in [0.717, 1.165) is 0 Å². The Bertz CT molecular complexity index is 183. The van der Waals surface area contributed by atoms with E-state index < -0.39 is 11.0 Å². The largest absolute Gasteiger partial charge is 0.453 e. The molecule has 0 aromatic rings. The minimum Gasteiger partial charge on any atom is -0.453 e. The fourth-order valence-electron chi connectivity index (χ4n) is 0.361. The Hall–Kier alpha value is -0.880. The molecule has 0 fully saturated rings. The Labute approximate surface area is 71.1 Å². The van der Waals surface area contributed by atoms with Gasteiger partial charge in [0.1, 0.15) is 4.87 Å². The van der Waals surface area contributed by atoms with Gasteiger partial charge in [-0.15, -0.1) is 18.0 Å². The molecule has 1 N–H and O–H groups in total. The van der Waals surface area contributed by atoms with Gasteiger partial charge in [-0.2, -0.15) is 0 Å². The number of terminal acetylenes is 1. The molecule has 62 valence electrons. The van der Waals surface area contributed by atoms with Crippen molar-refractivity contribution in [3.63, 3.8) is 0 Å². The van der Waals surface area contributed by atoms with E-state index in [4.69, 9.17) is 18.0 Å². The number of alkyl carbamates (subject to hydrolysis) is 1. The zero-order chi connectivity index (χ0) is 8.91. The molecule has 1 unspecified atom stereocenters. The summed E-state index contributed by atoms with van der Waals surface area (Å²) in [5.41, 5.74) is 0. The third kappa shape index (κ3) is 4.51. The molecule has 0 rings (SSSR count). The fourth-order valence-corrected chi connectivity index (χ4v) is 0.428. The van der Waals surface area contributed by atoms with Crippen molar-refractivity contribution >= 4 is 17.7 Å². The van der Waals surface area contributed by atoms with Crippen LogP contribution in [0.5, 0.6) is 0 Å². The van der Waals surface area contributed by atoms with Crippen molar-refractivity contribution in [2.45, 2.75) is 11.8 Å². The monoisotopic (exact) mass is 175 g/mol. The molecule has 0 bridgehead atoms. The Morgan fingerprint density at radius 3 is 2.82 bits per heavy atom. The molecule has 0 aliphatic carbocycles. The number of rotatable bonds is 2. The summed E-state index contributed by atoms with van der Waals surface area (Å²) < 4.78 is 4.31. The van der Waals surface area contributed by atoms with E-state index in [9.17, 15) is 4.79 Å². The van der Waals surface area contributed by atoms with E-state index in [1.165, 1.54) is 7.11 Å². The molecule has 0 aromatic heterocycles. The number of carbonyl (C=O) groups is 1. The van der Waals surface area contributed by atoms with Crippen LogP contribution in [0.25, 0.3) is 0 Å². The van der Waals surface area contributed by atoms with Gasteiger partial charge in [0.05, 0.1) is 13.7 Å². The first kappa shape index (κ1) is 10.1. The number of ether oxygens (including phenoxy) is 1. The van der Waals surface area contributed by atoms with Crippen molar-refractivity contribution < 1.29 is 9.53 Å². The molecule has 0 aliphatic heterocycles. The van der Waals surface area contributed by atoms with Gasteiger partial charge in [-0.1, -0.05) is 5.92 Å². The number of nitrogens with one attached hydrogen (secondary N) is 1. The highest BCUT2D eigenvalue weighted by atomic mass is 35.5. The SMILES string of the molecule is C#CC(C)(Cl)CNC(=O)OC. The van der Waals surface area contributed by atoms with Crippen LogP contribution in [0.2, 0.25) is 0 Å². The Morgan fingerprint density at radius 1 is 1.91 bits per heavy atom. The first-order valence-corrected chi connectivity index (χ1v) is 3.38. The van der Waals surface area contributed by atoms with E-state index in [-0.39, 0.29) is 6.54 Å². The highest BCUT2D eigenvalue weighted by molar-refractivity contribution is 6.26. The first-order valence-electron chi connectivity index (χ1n) is 3.00. The van der Waals surface area contributed by atoms with Crippen molar-refractivity contribution in [3.8, 4) is 12.3 Å².